The number of carbonyl (C=O) groups is 2. The molecule has 1 N–H and O–H groups in total. The van der Waals surface area contributed by atoms with Gasteiger partial charge in [0.1, 0.15) is 11.9 Å². The van der Waals surface area contributed by atoms with Crippen LogP contribution in [0.4, 0.5) is 4.39 Å². The topological polar surface area (TPSA) is 49.4 Å². The van der Waals surface area contributed by atoms with E-state index in [2.05, 4.69) is 5.32 Å². The molecule has 0 unspecified atom stereocenters. The van der Waals surface area contributed by atoms with Crippen LogP contribution in [0.5, 0.6) is 0 Å². The van der Waals surface area contributed by atoms with E-state index in [0.29, 0.717) is 23.7 Å². The molecule has 2 aromatic rings. The fourth-order valence-electron chi connectivity index (χ4n) is 2.79. The molecule has 0 bridgehead atoms. The molecule has 7 heteroatoms. The molecule has 150 valence electrons. The van der Waals surface area contributed by atoms with Crippen LogP contribution in [0.1, 0.15) is 24.5 Å². The summed E-state index contributed by atoms with van der Waals surface area (Å²) in [5.41, 5.74) is 1.85. The number of amides is 2. The molecule has 0 spiro atoms. The van der Waals surface area contributed by atoms with Crippen LogP contribution < -0.4 is 5.32 Å². The molecule has 2 aromatic carbocycles. The summed E-state index contributed by atoms with van der Waals surface area (Å²) in [6.07, 6.45) is 0.516. The van der Waals surface area contributed by atoms with Gasteiger partial charge in [0.15, 0.2) is 0 Å². The van der Waals surface area contributed by atoms with Gasteiger partial charge in [0, 0.05) is 24.4 Å². The highest BCUT2D eigenvalue weighted by Crippen LogP contribution is 2.18. The van der Waals surface area contributed by atoms with Crippen molar-refractivity contribution in [3.8, 4) is 0 Å². The number of nitrogens with zero attached hydrogens (tertiary/aromatic N) is 1. The SMILES string of the molecule is CC[C@@H](C(=O)NC)N(Cc1ccc(Cl)cc1)C(=O)CSCc1ccc(F)cc1. The molecule has 0 aliphatic carbocycles. The van der Waals surface area contributed by atoms with Crippen LogP contribution in [0.3, 0.4) is 0 Å². The maximum Gasteiger partial charge on any atom is 0.242 e. The summed E-state index contributed by atoms with van der Waals surface area (Å²) in [5.74, 6) is 0.247. The number of hydrogen-bond donors (Lipinski definition) is 1. The number of rotatable bonds is 9. The summed E-state index contributed by atoms with van der Waals surface area (Å²) in [6, 6.07) is 12.9. The second-order valence-electron chi connectivity index (χ2n) is 6.31. The zero-order valence-electron chi connectivity index (χ0n) is 16.0. The Kier molecular flexibility index (Phi) is 8.80. The summed E-state index contributed by atoms with van der Waals surface area (Å²) in [4.78, 5) is 26.8. The molecule has 0 saturated heterocycles. The van der Waals surface area contributed by atoms with Crippen LogP contribution >= 0.6 is 23.4 Å². The first-order valence-corrected chi connectivity index (χ1v) is 10.6. The van der Waals surface area contributed by atoms with Gasteiger partial charge in [-0.1, -0.05) is 42.8 Å². The average molecular weight is 423 g/mol. The summed E-state index contributed by atoms with van der Waals surface area (Å²) < 4.78 is 13.0. The fraction of sp³-hybridized carbons (Fsp3) is 0.333. The maximum atomic E-state index is 13.0. The highest BCUT2D eigenvalue weighted by atomic mass is 35.5. The van der Waals surface area contributed by atoms with Gasteiger partial charge in [0.05, 0.1) is 5.75 Å². The largest absolute Gasteiger partial charge is 0.357 e. The van der Waals surface area contributed by atoms with Gasteiger partial charge < -0.3 is 10.2 Å². The molecule has 0 aliphatic heterocycles. The maximum absolute atomic E-state index is 13.0. The Morgan fingerprint density at radius 2 is 1.71 bits per heavy atom. The lowest BCUT2D eigenvalue weighted by atomic mass is 10.1. The Bertz CT molecular complexity index is 784. The summed E-state index contributed by atoms with van der Waals surface area (Å²) >= 11 is 7.38. The smallest absolute Gasteiger partial charge is 0.242 e. The first-order chi connectivity index (χ1) is 13.4. The van der Waals surface area contributed by atoms with E-state index in [9.17, 15) is 14.0 Å². The van der Waals surface area contributed by atoms with Gasteiger partial charge in [-0.05, 0) is 41.8 Å². The standard InChI is InChI=1S/C21H24ClFN2O2S/c1-3-19(21(27)24-2)25(12-15-4-8-17(22)9-5-15)20(26)14-28-13-16-6-10-18(23)11-7-16/h4-11,19H,3,12-14H2,1-2H3,(H,24,27)/t19-/m0/s1. The van der Waals surface area contributed by atoms with Gasteiger partial charge in [-0.2, -0.15) is 0 Å². The van der Waals surface area contributed by atoms with Gasteiger partial charge >= 0.3 is 0 Å². The quantitative estimate of drug-likeness (QED) is 0.656. The molecule has 0 fully saturated rings. The predicted octanol–water partition coefficient (Wildman–Crippen LogP) is 4.27. The van der Waals surface area contributed by atoms with E-state index in [4.69, 9.17) is 11.6 Å². The molecule has 2 rings (SSSR count). The van der Waals surface area contributed by atoms with Crippen molar-refractivity contribution in [1.82, 2.24) is 10.2 Å². The molecular formula is C21H24ClFN2O2S. The van der Waals surface area contributed by atoms with Crippen molar-refractivity contribution in [2.45, 2.75) is 31.7 Å². The van der Waals surface area contributed by atoms with Crippen molar-refractivity contribution >= 4 is 35.2 Å². The number of likely N-dealkylation sites (N-methyl/N-ethyl adjacent to an activating group) is 1. The van der Waals surface area contributed by atoms with E-state index < -0.39 is 6.04 Å². The van der Waals surface area contributed by atoms with E-state index in [1.165, 1.54) is 23.9 Å². The molecule has 0 aliphatic rings. The van der Waals surface area contributed by atoms with Gasteiger partial charge in [-0.25, -0.2) is 4.39 Å². The lowest BCUT2D eigenvalue weighted by Gasteiger charge is -2.30. The summed E-state index contributed by atoms with van der Waals surface area (Å²) in [7, 11) is 1.57. The molecule has 1 atom stereocenters. The van der Waals surface area contributed by atoms with Crippen molar-refractivity contribution < 1.29 is 14.0 Å². The minimum atomic E-state index is -0.542. The minimum absolute atomic E-state index is 0.113. The average Bonchev–Trinajstić information content (AvgIpc) is 2.70. The minimum Gasteiger partial charge on any atom is -0.357 e. The normalized spacial score (nSPS) is 11.7. The van der Waals surface area contributed by atoms with Crippen molar-refractivity contribution in [1.29, 1.82) is 0 Å². The fourth-order valence-corrected chi connectivity index (χ4v) is 3.79. The van der Waals surface area contributed by atoms with E-state index in [1.54, 1.807) is 36.2 Å². The lowest BCUT2D eigenvalue weighted by Crippen LogP contribution is -2.48. The second kappa shape index (κ2) is 11.1. The third-order valence-corrected chi connectivity index (χ3v) is 5.55. The lowest BCUT2D eigenvalue weighted by molar-refractivity contribution is -0.139. The highest BCUT2D eigenvalue weighted by Gasteiger charge is 2.27. The zero-order chi connectivity index (χ0) is 20.5. The van der Waals surface area contributed by atoms with Crippen LogP contribution in [0, 0.1) is 5.82 Å². The van der Waals surface area contributed by atoms with Crippen molar-refractivity contribution in [2.24, 2.45) is 0 Å². The van der Waals surface area contributed by atoms with Gasteiger partial charge in [-0.15, -0.1) is 11.8 Å². The van der Waals surface area contributed by atoms with E-state index in [1.807, 2.05) is 19.1 Å². The Balaban J connectivity index is 2.07. The monoisotopic (exact) mass is 422 g/mol. The third-order valence-electron chi connectivity index (χ3n) is 4.31. The second-order valence-corrected chi connectivity index (χ2v) is 7.73. The third kappa shape index (κ3) is 6.53. The molecule has 0 radical (unpaired) electrons. The van der Waals surface area contributed by atoms with E-state index in [0.717, 1.165) is 11.1 Å². The Labute approximate surface area is 174 Å². The summed E-state index contributed by atoms with van der Waals surface area (Å²) in [5, 5.41) is 3.26. The number of nitrogens with one attached hydrogen (secondary N) is 1. The first kappa shape index (κ1) is 22.2. The van der Waals surface area contributed by atoms with E-state index >= 15 is 0 Å². The predicted molar refractivity (Wildman–Crippen MR) is 113 cm³/mol. The number of benzene rings is 2. The number of carbonyl (C=O) groups excluding carboxylic acids is 2. The molecule has 28 heavy (non-hydrogen) atoms. The van der Waals surface area contributed by atoms with E-state index in [-0.39, 0.29) is 23.4 Å². The molecule has 4 nitrogen and oxygen atoms in total. The van der Waals surface area contributed by atoms with Crippen molar-refractivity contribution in [2.75, 3.05) is 12.8 Å². The van der Waals surface area contributed by atoms with Crippen LogP contribution in [0.2, 0.25) is 5.02 Å². The van der Waals surface area contributed by atoms with Gasteiger partial charge in [0.25, 0.3) is 0 Å². The molecular weight excluding hydrogens is 399 g/mol. The van der Waals surface area contributed by atoms with Crippen molar-refractivity contribution in [3.05, 3.63) is 70.5 Å². The molecule has 0 aromatic heterocycles. The molecule has 0 heterocycles. The van der Waals surface area contributed by atoms with Crippen LogP contribution in [-0.4, -0.2) is 35.6 Å². The highest BCUT2D eigenvalue weighted by molar-refractivity contribution is 7.99. The van der Waals surface area contributed by atoms with Crippen molar-refractivity contribution in [3.63, 3.8) is 0 Å². The molecule has 0 saturated carbocycles. The zero-order valence-corrected chi connectivity index (χ0v) is 17.5. The first-order valence-electron chi connectivity index (χ1n) is 9.02. The van der Waals surface area contributed by atoms with Gasteiger partial charge in [0.2, 0.25) is 11.8 Å². The number of halogens is 2. The molecule has 2 amide bonds. The van der Waals surface area contributed by atoms with Gasteiger partial charge in [-0.3, -0.25) is 9.59 Å². The summed E-state index contributed by atoms with van der Waals surface area (Å²) in [6.45, 7) is 2.22. The van der Waals surface area contributed by atoms with Crippen LogP contribution in [-0.2, 0) is 21.9 Å². The Morgan fingerprint density at radius 3 is 2.29 bits per heavy atom. The van der Waals surface area contributed by atoms with Crippen LogP contribution in [0.15, 0.2) is 48.5 Å². The Hall–Kier alpha value is -2.05. The van der Waals surface area contributed by atoms with Crippen LogP contribution in [0.25, 0.3) is 0 Å². The number of hydrogen-bond acceptors (Lipinski definition) is 3. The number of thioether (sulfide) groups is 1. The Morgan fingerprint density at radius 1 is 1.11 bits per heavy atom.